The van der Waals surface area contributed by atoms with Gasteiger partial charge in [0.2, 0.25) is 0 Å². The fourth-order valence-corrected chi connectivity index (χ4v) is 6.81. The fraction of sp³-hybridized carbons (Fsp3) is 0.464. The Kier molecular flexibility index (Phi) is 6.13. The number of carbonyl (C=O) groups excluding carboxylic acids is 3. The van der Waals surface area contributed by atoms with Gasteiger partial charge in [-0.3, -0.25) is 14.4 Å². The maximum Gasteiger partial charge on any atom is 0.312 e. The van der Waals surface area contributed by atoms with Crippen molar-refractivity contribution in [3.8, 4) is 0 Å². The first kappa shape index (κ1) is 23.5. The first-order valence-electron chi connectivity index (χ1n) is 12.4. The minimum absolute atomic E-state index is 0.205. The van der Waals surface area contributed by atoms with Gasteiger partial charge in [-0.1, -0.05) is 42.5 Å². The Hall–Kier alpha value is -3.19. The van der Waals surface area contributed by atoms with Crippen molar-refractivity contribution >= 4 is 23.5 Å². The Morgan fingerprint density at radius 1 is 1.00 bits per heavy atom. The molecule has 2 aromatic carbocycles. The molecular formula is C28H32N2O5. The van der Waals surface area contributed by atoms with Gasteiger partial charge in [0.25, 0.3) is 11.8 Å². The average Bonchev–Trinajstić information content (AvgIpc) is 2.81. The van der Waals surface area contributed by atoms with E-state index >= 15 is 0 Å². The second-order valence-corrected chi connectivity index (χ2v) is 10.7. The quantitative estimate of drug-likeness (QED) is 0.524. The highest BCUT2D eigenvalue weighted by molar-refractivity contribution is 6.04. The van der Waals surface area contributed by atoms with Gasteiger partial charge in [-0.2, -0.15) is 0 Å². The van der Waals surface area contributed by atoms with E-state index in [4.69, 9.17) is 4.74 Å². The average molecular weight is 477 g/mol. The normalized spacial score (nSPS) is 29.3. The van der Waals surface area contributed by atoms with Crippen LogP contribution in [0.5, 0.6) is 0 Å². The molecule has 2 amide bonds. The third kappa shape index (κ3) is 4.82. The lowest BCUT2D eigenvalue weighted by atomic mass is 9.48. The SMILES string of the molecule is C[C@@H](NC(=O)c1ccccc1NC(=O)COC(=O)C12C[C@H]3C[C@@H](CC(O)(C3)C1)C2)c1ccccc1. The summed E-state index contributed by atoms with van der Waals surface area (Å²) >= 11 is 0. The summed E-state index contributed by atoms with van der Waals surface area (Å²) in [6, 6.07) is 16.2. The molecule has 4 aliphatic carbocycles. The van der Waals surface area contributed by atoms with E-state index < -0.39 is 23.5 Å². The molecule has 0 aliphatic heterocycles. The third-order valence-electron chi connectivity index (χ3n) is 7.89. The Morgan fingerprint density at radius 3 is 2.34 bits per heavy atom. The van der Waals surface area contributed by atoms with E-state index in [1.54, 1.807) is 24.3 Å². The van der Waals surface area contributed by atoms with Crippen molar-refractivity contribution in [2.75, 3.05) is 11.9 Å². The summed E-state index contributed by atoms with van der Waals surface area (Å²) in [7, 11) is 0. The number of hydrogen-bond donors (Lipinski definition) is 3. The molecule has 0 heterocycles. The number of benzene rings is 2. The minimum atomic E-state index is -0.769. The number of hydrogen-bond acceptors (Lipinski definition) is 5. The van der Waals surface area contributed by atoms with Crippen molar-refractivity contribution in [1.82, 2.24) is 5.32 Å². The van der Waals surface area contributed by atoms with Crippen LogP contribution in [-0.2, 0) is 14.3 Å². The summed E-state index contributed by atoms with van der Waals surface area (Å²) in [6.07, 6.45) is 4.49. The second kappa shape index (κ2) is 9.11. The van der Waals surface area contributed by atoms with Crippen LogP contribution in [0.1, 0.15) is 67.4 Å². The van der Waals surface area contributed by atoms with Gasteiger partial charge in [0, 0.05) is 0 Å². The van der Waals surface area contributed by atoms with E-state index in [1.807, 2.05) is 37.3 Å². The summed E-state index contributed by atoms with van der Waals surface area (Å²) < 4.78 is 5.47. The lowest BCUT2D eigenvalue weighted by molar-refractivity contribution is -0.196. The van der Waals surface area contributed by atoms with Gasteiger partial charge >= 0.3 is 5.97 Å². The lowest BCUT2D eigenvalue weighted by Gasteiger charge is -2.58. The third-order valence-corrected chi connectivity index (χ3v) is 7.89. The number of esters is 1. The first-order valence-corrected chi connectivity index (χ1v) is 12.4. The molecule has 0 unspecified atom stereocenters. The predicted molar refractivity (Wildman–Crippen MR) is 130 cm³/mol. The number of amides is 2. The molecule has 4 fully saturated rings. The molecule has 4 bridgehead atoms. The van der Waals surface area contributed by atoms with E-state index in [-0.39, 0.29) is 17.9 Å². The van der Waals surface area contributed by atoms with E-state index in [9.17, 15) is 19.5 Å². The number of ether oxygens (including phenoxy) is 1. The molecule has 0 saturated heterocycles. The van der Waals surface area contributed by atoms with Crippen molar-refractivity contribution in [2.45, 2.75) is 57.1 Å². The van der Waals surface area contributed by atoms with E-state index in [0.29, 0.717) is 29.5 Å². The predicted octanol–water partition coefficient (Wildman–Crippen LogP) is 3.99. The summed E-state index contributed by atoms with van der Waals surface area (Å²) in [4.78, 5) is 38.6. The summed E-state index contributed by atoms with van der Waals surface area (Å²) in [5, 5.41) is 16.6. The maximum atomic E-state index is 13.0. The maximum absolute atomic E-state index is 13.0. The summed E-state index contributed by atoms with van der Waals surface area (Å²) in [5.41, 5.74) is 0.219. The number of aliphatic hydroxyl groups is 1. The van der Waals surface area contributed by atoms with Crippen LogP contribution < -0.4 is 10.6 Å². The number of carbonyl (C=O) groups is 3. The van der Waals surface area contributed by atoms with Gasteiger partial charge in [0.1, 0.15) is 0 Å². The zero-order valence-electron chi connectivity index (χ0n) is 20.0. The number of para-hydroxylation sites is 1. The molecule has 0 aromatic heterocycles. The van der Waals surface area contributed by atoms with Gasteiger partial charge in [-0.15, -0.1) is 0 Å². The first-order chi connectivity index (χ1) is 16.8. The van der Waals surface area contributed by atoms with Gasteiger partial charge in [-0.25, -0.2) is 0 Å². The van der Waals surface area contributed by atoms with Gasteiger partial charge in [0.15, 0.2) is 6.61 Å². The zero-order valence-corrected chi connectivity index (χ0v) is 20.0. The molecule has 0 spiro atoms. The van der Waals surface area contributed by atoms with Gasteiger partial charge < -0.3 is 20.5 Å². The summed E-state index contributed by atoms with van der Waals surface area (Å²) in [6.45, 7) is 1.47. The van der Waals surface area contributed by atoms with Gasteiger partial charge in [0.05, 0.1) is 28.3 Å². The summed E-state index contributed by atoms with van der Waals surface area (Å²) in [5.74, 6) is -0.491. The highest BCUT2D eigenvalue weighted by Gasteiger charge is 2.60. The Morgan fingerprint density at radius 2 is 1.66 bits per heavy atom. The Balaban J connectivity index is 1.19. The van der Waals surface area contributed by atoms with Crippen LogP contribution in [0.25, 0.3) is 0 Å². The van der Waals surface area contributed by atoms with E-state index in [1.165, 1.54) is 0 Å². The molecule has 0 radical (unpaired) electrons. The molecular weight excluding hydrogens is 444 g/mol. The molecule has 35 heavy (non-hydrogen) atoms. The fourth-order valence-electron chi connectivity index (χ4n) is 6.81. The number of nitrogens with one attached hydrogen (secondary N) is 2. The van der Waals surface area contributed by atoms with E-state index in [2.05, 4.69) is 10.6 Å². The molecule has 3 N–H and O–H groups in total. The van der Waals surface area contributed by atoms with Crippen LogP contribution in [0.2, 0.25) is 0 Å². The van der Waals surface area contributed by atoms with Crippen LogP contribution in [0.15, 0.2) is 54.6 Å². The van der Waals surface area contributed by atoms with Crippen LogP contribution in [0.3, 0.4) is 0 Å². The standard InChI is InChI=1S/C28H32N2O5/c1-18(21-7-3-2-4-8-21)29-25(32)22-9-5-6-10-23(22)30-24(31)16-35-26(33)27-12-19-11-20(13-27)15-28(34,14-19)17-27/h2-10,18-20,34H,11-17H2,1H3,(H,29,32)(H,30,31)/t18-,19-,20-,27?,28?/m1/s1. The van der Waals surface area contributed by atoms with Crippen LogP contribution in [-0.4, -0.2) is 35.1 Å². The minimum Gasteiger partial charge on any atom is -0.455 e. The number of anilines is 1. The smallest absolute Gasteiger partial charge is 0.312 e. The van der Waals surface area contributed by atoms with Crippen LogP contribution in [0.4, 0.5) is 5.69 Å². The molecule has 6 rings (SSSR count). The van der Waals surface area contributed by atoms with Crippen molar-refractivity contribution in [1.29, 1.82) is 0 Å². The molecule has 7 nitrogen and oxygen atoms in total. The monoisotopic (exact) mass is 476 g/mol. The van der Waals surface area contributed by atoms with Crippen LogP contribution in [0, 0.1) is 17.3 Å². The zero-order chi connectivity index (χ0) is 24.6. The van der Waals surface area contributed by atoms with Crippen molar-refractivity contribution in [2.24, 2.45) is 17.3 Å². The lowest BCUT2D eigenvalue weighted by Crippen LogP contribution is -2.58. The number of rotatable bonds is 7. The molecule has 4 aliphatic rings. The van der Waals surface area contributed by atoms with Crippen molar-refractivity contribution in [3.05, 3.63) is 65.7 Å². The molecule has 184 valence electrons. The second-order valence-electron chi connectivity index (χ2n) is 10.7. The largest absolute Gasteiger partial charge is 0.455 e. The topological polar surface area (TPSA) is 105 Å². The molecule has 2 aromatic rings. The highest BCUT2D eigenvalue weighted by atomic mass is 16.5. The molecule has 4 saturated carbocycles. The Bertz CT molecular complexity index is 1120. The highest BCUT2D eigenvalue weighted by Crippen LogP contribution is 2.61. The van der Waals surface area contributed by atoms with Crippen molar-refractivity contribution in [3.63, 3.8) is 0 Å². The van der Waals surface area contributed by atoms with E-state index in [0.717, 1.165) is 37.7 Å². The van der Waals surface area contributed by atoms with Crippen LogP contribution >= 0.6 is 0 Å². The van der Waals surface area contributed by atoms with Crippen molar-refractivity contribution < 1.29 is 24.2 Å². The molecule has 3 atom stereocenters. The molecule has 7 heteroatoms. The Labute approximate surface area is 205 Å². The van der Waals surface area contributed by atoms with Gasteiger partial charge in [-0.05, 0) is 75.0 Å².